The number of carbonyl (C=O) groups excluding carboxylic acids is 1. The molecule has 1 aliphatic rings. The van der Waals surface area contributed by atoms with Crippen LogP contribution in [0.1, 0.15) is 27.0 Å². The Balaban J connectivity index is 1.92. The van der Waals surface area contributed by atoms with E-state index in [1.54, 1.807) is 21.0 Å². The van der Waals surface area contributed by atoms with E-state index in [4.69, 9.17) is 9.47 Å². The van der Waals surface area contributed by atoms with Crippen LogP contribution >= 0.6 is 0 Å². The third-order valence-corrected chi connectivity index (χ3v) is 4.56. The number of fused-ring (bicyclic) bond motifs is 1. The molecule has 1 heterocycles. The maximum Gasteiger partial charge on any atom is 0.177 e. The average molecular weight is 328 g/mol. The van der Waals surface area contributed by atoms with E-state index in [0.29, 0.717) is 17.5 Å². The fourth-order valence-electron chi connectivity index (χ4n) is 3.05. The predicted octanol–water partition coefficient (Wildman–Crippen LogP) is 3.16. The number of Topliss-reactive ketones (excluding diaryl/α,β-unsaturated/α-hetero) is 1. The number of hydrogen-bond acceptors (Lipinski definition) is 5. The molecule has 1 aliphatic heterocycles. The van der Waals surface area contributed by atoms with Gasteiger partial charge in [-0.25, -0.2) is 0 Å². The molecule has 0 spiro atoms. The summed E-state index contributed by atoms with van der Waals surface area (Å²) in [5, 5.41) is 20.3. The van der Waals surface area contributed by atoms with Crippen molar-refractivity contribution in [2.75, 3.05) is 13.7 Å². The molecular formula is C19H20O5. The van der Waals surface area contributed by atoms with Gasteiger partial charge in [0.2, 0.25) is 0 Å². The largest absolute Gasteiger partial charge is 0.507 e. The number of phenolic OH excluding ortho intramolecular Hbond substituents is 2. The molecule has 0 unspecified atom stereocenters. The van der Waals surface area contributed by atoms with Crippen LogP contribution in [0.5, 0.6) is 23.0 Å². The molecular weight excluding hydrogens is 308 g/mol. The highest BCUT2D eigenvalue weighted by atomic mass is 16.5. The molecule has 5 heteroatoms. The topological polar surface area (TPSA) is 76.0 Å². The molecule has 0 aliphatic carbocycles. The van der Waals surface area contributed by atoms with Crippen molar-refractivity contribution in [2.45, 2.75) is 20.3 Å². The number of ether oxygens (including phenoxy) is 2. The number of hydrogen-bond donors (Lipinski definition) is 2. The Bertz CT molecular complexity index is 793. The second-order valence-electron chi connectivity index (χ2n) is 6.08. The van der Waals surface area contributed by atoms with E-state index < -0.39 is 0 Å². The summed E-state index contributed by atoms with van der Waals surface area (Å²) in [6.45, 7) is 3.48. The van der Waals surface area contributed by atoms with Crippen molar-refractivity contribution >= 4 is 5.78 Å². The zero-order valence-corrected chi connectivity index (χ0v) is 13.9. The fraction of sp³-hybridized carbons (Fsp3) is 0.316. The van der Waals surface area contributed by atoms with E-state index in [2.05, 4.69) is 0 Å². The molecule has 0 fully saturated rings. The molecule has 0 amide bonds. The molecule has 0 aromatic heterocycles. The molecule has 1 atom stereocenters. The maximum absolute atomic E-state index is 12.8. The van der Waals surface area contributed by atoms with Gasteiger partial charge in [0.1, 0.15) is 28.6 Å². The van der Waals surface area contributed by atoms with Crippen molar-refractivity contribution < 1.29 is 24.5 Å². The normalized spacial score (nSPS) is 16.5. The van der Waals surface area contributed by atoms with Crippen LogP contribution in [0.2, 0.25) is 0 Å². The Hall–Kier alpha value is -2.69. The van der Waals surface area contributed by atoms with Crippen LogP contribution in [-0.2, 0) is 6.42 Å². The maximum atomic E-state index is 12.8. The van der Waals surface area contributed by atoms with Gasteiger partial charge in [-0.1, -0.05) is 12.1 Å². The number of methoxy groups -OCH3 is 1. The van der Waals surface area contributed by atoms with Gasteiger partial charge in [-0.2, -0.15) is 0 Å². The highest BCUT2D eigenvalue weighted by Gasteiger charge is 2.34. The number of aromatic hydroxyl groups is 2. The van der Waals surface area contributed by atoms with Gasteiger partial charge in [-0.3, -0.25) is 4.79 Å². The molecule has 0 saturated heterocycles. The minimum atomic E-state index is -0.375. The number of carbonyl (C=O) groups is 1. The van der Waals surface area contributed by atoms with Gasteiger partial charge < -0.3 is 19.7 Å². The fourth-order valence-corrected chi connectivity index (χ4v) is 3.05. The lowest BCUT2D eigenvalue weighted by molar-refractivity contribution is 0.0824. The van der Waals surface area contributed by atoms with Gasteiger partial charge in [-0.05, 0) is 38.0 Å². The average Bonchev–Trinajstić information content (AvgIpc) is 2.60. The molecule has 0 radical (unpaired) electrons. The van der Waals surface area contributed by atoms with Crippen LogP contribution in [0.15, 0.2) is 24.3 Å². The van der Waals surface area contributed by atoms with E-state index >= 15 is 0 Å². The minimum absolute atomic E-state index is 0.0346. The van der Waals surface area contributed by atoms with Crippen molar-refractivity contribution in [3.63, 3.8) is 0 Å². The second-order valence-corrected chi connectivity index (χ2v) is 6.08. The van der Waals surface area contributed by atoms with E-state index in [1.807, 2.05) is 24.3 Å². The van der Waals surface area contributed by atoms with Crippen molar-refractivity contribution in [1.82, 2.24) is 0 Å². The summed E-state index contributed by atoms with van der Waals surface area (Å²) in [5.74, 6) is 0.280. The highest BCUT2D eigenvalue weighted by molar-refractivity contribution is 6.05. The monoisotopic (exact) mass is 328 g/mol. The Kier molecular flexibility index (Phi) is 4.09. The van der Waals surface area contributed by atoms with Crippen LogP contribution < -0.4 is 9.47 Å². The first-order chi connectivity index (χ1) is 11.4. The predicted molar refractivity (Wildman–Crippen MR) is 89.3 cm³/mol. The summed E-state index contributed by atoms with van der Waals surface area (Å²) < 4.78 is 10.8. The quantitative estimate of drug-likeness (QED) is 0.905. The van der Waals surface area contributed by atoms with Crippen molar-refractivity contribution in [3.05, 3.63) is 46.5 Å². The van der Waals surface area contributed by atoms with Crippen LogP contribution in [0.4, 0.5) is 0 Å². The van der Waals surface area contributed by atoms with Crippen LogP contribution in [-0.4, -0.2) is 29.7 Å². The first-order valence-corrected chi connectivity index (χ1v) is 7.79. The van der Waals surface area contributed by atoms with Crippen molar-refractivity contribution in [3.8, 4) is 23.0 Å². The summed E-state index contributed by atoms with van der Waals surface area (Å²) in [6, 6.07) is 7.52. The highest BCUT2D eigenvalue weighted by Crippen LogP contribution is 2.44. The molecule has 0 saturated carbocycles. The molecule has 2 N–H and O–H groups in total. The van der Waals surface area contributed by atoms with Crippen LogP contribution in [0, 0.1) is 19.8 Å². The smallest absolute Gasteiger partial charge is 0.177 e. The molecule has 3 rings (SSSR count). The number of ketones is 1. The Morgan fingerprint density at radius 3 is 2.42 bits per heavy atom. The Morgan fingerprint density at radius 2 is 1.79 bits per heavy atom. The van der Waals surface area contributed by atoms with Crippen LogP contribution in [0.3, 0.4) is 0 Å². The lowest BCUT2D eigenvalue weighted by Crippen LogP contribution is -2.30. The molecule has 24 heavy (non-hydrogen) atoms. The Labute approximate surface area is 140 Å². The minimum Gasteiger partial charge on any atom is -0.507 e. The standard InChI is InChI=1S/C19H20O5/c1-10-16(20)11(2)19-15(17(10)21)18(22)13(9-24-19)8-12-4-6-14(23-3)7-5-12/h4-7,13,20-21H,8-9H2,1-3H3/t13-/m1/s1. The number of phenols is 2. The van der Waals surface area contributed by atoms with E-state index in [0.717, 1.165) is 11.3 Å². The summed E-state index contributed by atoms with van der Waals surface area (Å²) in [6.07, 6.45) is 0.515. The van der Waals surface area contributed by atoms with Gasteiger partial charge in [0.05, 0.1) is 19.6 Å². The van der Waals surface area contributed by atoms with Gasteiger partial charge >= 0.3 is 0 Å². The van der Waals surface area contributed by atoms with Crippen molar-refractivity contribution in [2.24, 2.45) is 5.92 Å². The zero-order chi connectivity index (χ0) is 17.4. The molecule has 2 aromatic carbocycles. The summed E-state index contributed by atoms with van der Waals surface area (Å²) in [7, 11) is 1.60. The lowest BCUT2D eigenvalue weighted by atomic mass is 9.87. The summed E-state index contributed by atoms with van der Waals surface area (Å²) >= 11 is 0. The van der Waals surface area contributed by atoms with Crippen molar-refractivity contribution in [1.29, 1.82) is 0 Å². The zero-order valence-electron chi connectivity index (χ0n) is 13.9. The van der Waals surface area contributed by atoms with Gasteiger partial charge in [-0.15, -0.1) is 0 Å². The second kappa shape index (κ2) is 6.07. The third kappa shape index (κ3) is 2.56. The summed E-state index contributed by atoms with van der Waals surface area (Å²) in [4.78, 5) is 12.8. The van der Waals surface area contributed by atoms with E-state index in [1.165, 1.54) is 0 Å². The first kappa shape index (κ1) is 16.2. The molecule has 0 bridgehead atoms. The van der Waals surface area contributed by atoms with Crippen LogP contribution in [0.25, 0.3) is 0 Å². The Morgan fingerprint density at radius 1 is 1.12 bits per heavy atom. The van der Waals surface area contributed by atoms with E-state index in [-0.39, 0.29) is 41.1 Å². The molecule has 126 valence electrons. The number of benzene rings is 2. The summed E-state index contributed by atoms with van der Waals surface area (Å²) in [5.41, 5.74) is 1.95. The molecule has 5 nitrogen and oxygen atoms in total. The van der Waals surface area contributed by atoms with Gasteiger partial charge in [0.15, 0.2) is 5.78 Å². The van der Waals surface area contributed by atoms with E-state index in [9.17, 15) is 15.0 Å². The van der Waals surface area contributed by atoms with Gasteiger partial charge in [0.25, 0.3) is 0 Å². The first-order valence-electron chi connectivity index (χ1n) is 7.79. The third-order valence-electron chi connectivity index (χ3n) is 4.56. The lowest BCUT2D eigenvalue weighted by Gasteiger charge is -2.27. The SMILES string of the molecule is COc1ccc(C[C@@H]2COc3c(C)c(O)c(C)c(O)c3C2=O)cc1. The molecule has 2 aromatic rings. The van der Waals surface area contributed by atoms with Gasteiger partial charge in [0, 0.05) is 11.1 Å². The number of rotatable bonds is 3.